The summed E-state index contributed by atoms with van der Waals surface area (Å²) in [5, 5.41) is 3.76. The van der Waals surface area contributed by atoms with Gasteiger partial charge < -0.3 is 26.3 Å². The monoisotopic (exact) mass is 604 g/mol. The highest BCUT2D eigenvalue weighted by Crippen LogP contribution is 2.68. The van der Waals surface area contributed by atoms with Crippen LogP contribution in [0.3, 0.4) is 0 Å². The van der Waals surface area contributed by atoms with Crippen LogP contribution in [0.1, 0.15) is 143 Å². The SMILES string of the molecule is CCCCCCCCNCCCC(C)C1CC[C@H]2C3[C@H](OCCCN)CC4C[C@H](OCCCN)CCC4(C)[C@H]3CCC12C. The molecule has 4 aliphatic rings. The minimum absolute atomic E-state index is 0.405. The molecule has 5 N–H and O–H groups in total. The molecule has 4 rings (SSSR count). The molecule has 0 amide bonds. The number of unbranched alkanes of at least 4 members (excludes halogenated alkanes) is 5. The van der Waals surface area contributed by atoms with Crippen molar-refractivity contribution in [2.45, 2.75) is 155 Å². The molecule has 252 valence electrons. The molecule has 4 fully saturated rings. The van der Waals surface area contributed by atoms with Gasteiger partial charge in [-0.1, -0.05) is 59.8 Å². The van der Waals surface area contributed by atoms with Gasteiger partial charge in [-0.3, -0.25) is 0 Å². The average molecular weight is 604 g/mol. The van der Waals surface area contributed by atoms with E-state index in [9.17, 15) is 0 Å². The van der Waals surface area contributed by atoms with Gasteiger partial charge in [0.2, 0.25) is 0 Å². The lowest BCUT2D eigenvalue weighted by Crippen LogP contribution is -2.59. The van der Waals surface area contributed by atoms with Crippen LogP contribution in [-0.4, -0.2) is 51.6 Å². The molecule has 6 unspecified atom stereocenters. The highest BCUT2D eigenvalue weighted by atomic mass is 16.5. The van der Waals surface area contributed by atoms with Crippen molar-refractivity contribution in [1.29, 1.82) is 0 Å². The second kappa shape index (κ2) is 17.6. The highest BCUT2D eigenvalue weighted by Gasteiger charge is 2.63. The summed E-state index contributed by atoms with van der Waals surface area (Å²) >= 11 is 0. The summed E-state index contributed by atoms with van der Waals surface area (Å²) in [5.41, 5.74) is 12.6. The van der Waals surface area contributed by atoms with Crippen molar-refractivity contribution in [2.24, 2.45) is 57.8 Å². The molecule has 4 aliphatic carbocycles. The molecule has 0 spiro atoms. The Hall–Kier alpha value is -0.200. The number of hydrogen-bond acceptors (Lipinski definition) is 5. The van der Waals surface area contributed by atoms with Crippen LogP contribution in [0.4, 0.5) is 0 Å². The van der Waals surface area contributed by atoms with Gasteiger partial charge in [-0.25, -0.2) is 0 Å². The molecule has 0 aliphatic heterocycles. The van der Waals surface area contributed by atoms with E-state index in [2.05, 4.69) is 33.0 Å². The molecule has 43 heavy (non-hydrogen) atoms. The van der Waals surface area contributed by atoms with Crippen molar-refractivity contribution in [3.8, 4) is 0 Å². The number of nitrogens with one attached hydrogen (secondary N) is 1. The van der Waals surface area contributed by atoms with E-state index in [-0.39, 0.29) is 0 Å². The fourth-order valence-electron chi connectivity index (χ4n) is 11.0. The Kier molecular flexibility index (Phi) is 14.6. The standard InChI is InChI=1S/C38H73N3O2/c1-5-6-7-8-9-10-23-41-24-11-14-29(2)32-15-16-33-36-34(18-20-38(32,33)4)37(3)19-17-31(42-25-12-21-39)27-30(37)28-35(36)43-26-13-22-40/h29-36,41H,5-28,39-40H2,1-4H3/t29?,30?,31-,32?,33+,34+,35-,36?,37?,38?/m1/s1. The largest absolute Gasteiger partial charge is 0.378 e. The Bertz CT molecular complexity index is 780. The number of rotatable bonds is 20. The van der Waals surface area contributed by atoms with Crippen LogP contribution in [0.2, 0.25) is 0 Å². The van der Waals surface area contributed by atoms with Crippen molar-refractivity contribution < 1.29 is 9.47 Å². The van der Waals surface area contributed by atoms with Gasteiger partial charge in [-0.05, 0) is 156 Å². The number of nitrogens with two attached hydrogens (primary N) is 2. The first-order valence-electron chi connectivity index (χ1n) is 19.2. The van der Waals surface area contributed by atoms with Gasteiger partial charge in [0.1, 0.15) is 0 Å². The predicted molar refractivity (Wildman–Crippen MR) is 182 cm³/mol. The number of fused-ring (bicyclic) bond motifs is 5. The van der Waals surface area contributed by atoms with Crippen molar-refractivity contribution in [3.05, 3.63) is 0 Å². The van der Waals surface area contributed by atoms with Gasteiger partial charge in [0.25, 0.3) is 0 Å². The lowest BCUT2D eigenvalue weighted by Gasteiger charge is -2.63. The molecule has 5 nitrogen and oxygen atoms in total. The van der Waals surface area contributed by atoms with Crippen molar-refractivity contribution >= 4 is 0 Å². The Morgan fingerprint density at radius 3 is 2.19 bits per heavy atom. The molecule has 0 radical (unpaired) electrons. The van der Waals surface area contributed by atoms with E-state index in [0.29, 0.717) is 23.0 Å². The molecule has 10 atom stereocenters. The third-order valence-electron chi connectivity index (χ3n) is 13.5. The third kappa shape index (κ3) is 8.79. The molecule has 0 heterocycles. The van der Waals surface area contributed by atoms with E-state index < -0.39 is 0 Å². The molecule has 4 saturated carbocycles. The fourth-order valence-corrected chi connectivity index (χ4v) is 11.0. The second-order valence-electron chi connectivity index (χ2n) is 16.1. The van der Waals surface area contributed by atoms with Gasteiger partial charge in [0.05, 0.1) is 12.2 Å². The topological polar surface area (TPSA) is 82.5 Å². The smallest absolute Gasteiger partial charge is 0.0611 e. The number of hydrogen-bond donors (Lipinski definition) is 3. The van der Waals surface area contributed by atoms with Crippen LogP contribution < -0.4 is 16.8 Å². The summed E-state index contributed by atoms with van der Waals surface area (Å²) in [5.74, 6) is 4.77. The summed E-state index contributed by atoms with van der Waals surface area (Å²) in [4.78, 5) is 0. The van der Waals surface area contributed by atoms with Crippen LogP contribution in [0.5, 0.6) is 0 Å². The summed E-state index contributed by atoms with van der Waals surface area (Å²) in [6.07, 6.45) is 24.5. The van der Waals surface area contributed by atoms with E-state index in [1.807, 2.05) is 0 Å². The lowest BCUT2D eigenvalue weighted by atomic mass is 9.43. The summed E-state index contributed by atoms with van der Waals surface area (Å²) < 4.78 is 13.2. The highest BCUT2D eigenvalue weighted by molar-refractivity contribution is 5.12. The van der Waals surface area contributed by atoms with Crippen molar-refractivity contribution in [1.82, 2.24) is 5.32 Å². The fraction of sp³-hybridized carbons (Fsp3) is 1.00. The van der Waals surface area contributed by atoms with E-state index in [0.717, 1.165) is 74.7 Å². The van der Waals surface area contributed by atoms with Crippen LogP contribution >= 0.6 is 0 Å². The number of ether oxygens (including phenoxy) is 2. The summed E-state index contributed by atoms with van der Waals surface area (Å²) in [6, 6.07) is 0. The van der Waals surface area contributed by atoms with Crippen molar-refractivity contribution in [2.75, 3.05) is 39.4 Å². The summed E-state index contributed by atoms with van der Waals surface area (Å²) in [7, 11) is 0. The van der Waals surface area contributed by atoms with E-state index in [1.54, 1.807) is 0 Å². The van der Waals surface area contributed by atoms with Crippen LogP contribution in [0, 0.1) is 46.3 Å². The van der Waals surface area contributed by atoms with Gasteiger partial charge in [0.15, 0.2) is 0 Å². The zero-order valence-electron chi connectivity index (χ0n) is 29.1. The molecule has 0 aromatic carbocycles. The Labute approximate surface area is 267 Å². The third-order valence-corrected chi connectivity index (χ3v) is 13.5. The molecule has 0 saturated heterocycles. The normalized spacial score (nSPS) is 38.0. The molecule has 0 aromatic heterocycles. The predicted octanol–water partition coefficient (Wildman–Crippen LogP) is 8.09. The second-order valence-corrected chi connectivity index (χ2v) is 16.1. The first-order valence-corrected chi connectivity index (χ1v) is 19.2. The van der Waals surface area contributed by atoms with Crippen LogP contribution in [0.15, 0.2) is 0 Å². The van der Waals surface area contributed by atoms with E-state index >= 15 is 0 Å². The minimum Gasteiger partial charge on any atom is -0.378 e. The van der Waals surface area contributed by atoms with E-state index in [4.69, 9.17) is 20.9 Å². The van der Waals surface area contributed by atoms with Crippen LogP contribution in [-0.2, 0) is 9.47 Å². The molecule has 0 aromatic rings. The Morgan fingerprint density at radius 1 is 0.744 bits per heavy atom. The quantitative estimate of drug-likeness (QED) is 0.123. The summed E-state index contributed by atoms with van der Waals surface area (Å²) in [6.45, 7) is 15.8. The molecule has 5 heteroatoms. The average Bonchev–Trinajstić information content (AvgIpc) is 3.36. The maximum Gasteiger partial charge on any atom is 0.0611 e. The Balaban J connectivity index is 1.34. The van der Waals surface area contributed by atoms with Gasteiger partial charge in [-0.2, -0.15) is 0 Å². The molecular formula is C38H73N3O2. The van der Waals surface area contributed by atoms with Gasteiger partial charge in [0, 0.05) is 13.2 Å². The zero-order valence-corrected chi connectivity index (χ0v) is 29.1. The molecular weight excluding hydrogens is 530 g/mol. The van der Waals surface area contributed by atoms with Gasteiger partial charge in [-0.15, -0.1) is 0 Å². The maximum atomic E-state index is 6.86. The molecule has 0 bridgehead atoms. The lowest BCUT2D eigenvalue weighted by molar-refractivity contribution is -0.191. The van der Waals surface area contributed by atoms with Gasteiger partial charge >= 0.3 is 0 Å². The van der Waals surface area contributed by atoms with E-state index in [1.165, 1.54) is 116 Å². The maximum absolute atomic E-state index is 6.86. The minimum atomic E-state index is 0.405. The first kappa shape index (κ1) is 35.7. The zero-order chi connectivity index (χ0) is 30.7. The Morgan fingerprint density at radius 2 is 1.42 bits per heavy atom. The first-order chi connectivity index (χ1) is 20.9. The van der Waals surface area contributed by atoms with Crippen LogP contribution in [0.25, 0.3) is 0 Å². The van der Waals surface area contributed by atoms with Crippen molar-refractivity contribution in [3.63, 3.8) is 0 Å².